The van der Waals surface area contributed by atoms with E-state index < -0.39 is 6.04 Å². The Morgan fingerprint density at radius 1 is 1.55 bits per heavy atom. The molecule has 0 amide bonds. The van der Waals surface area contributed by atoms with Crippen molar-refractivity contribution in [1.29, 1.82) is 0 Å². The molecule has 2 rings (SSSR count). The number of Topliss-reactive ketones (excluding diaryl/α,β-unsaturated/α-hetero) is 1. The van der Waals surface area contributed by atoms with Crippen LogP contribution in [-0.2, 0) is 11.3 Å². The van der Waals surface area contributed by atoms with Gasteiger partial charge in [0.25, 0.3) is 5.56 Å². The summed E-state index contributed by atoms with van der Waals surface area (Å²) in [6.45, 7) is 3.94. The van der Waals surface area contributed by atoms with Crippen molar-refractivity contribution >= 4 is 22.9 Å². The fourth-order valence-corrected chi connectivity index (χ4v) is 2.70. The van der Waals surface area contributed by atoms with Gasteiger partial charge >= 0.3 is 0 Å². The molecule has 1 unspecified atom stereocenters. The molecule has 2 heterocycles. The van der Waals surface area contributed by atoms with E-state index in [1.807, 2.05) is 24.4 Å². The number of aromatic nitrogens is 2. The smallest absolute Gasteiger partial charge is 0.293 e. The van der Waals surface area contributed by atoms with Gasteiger partial charge in [0.15, 0.2) is 11.6 Å². The molecule has 6 heteroatoms. The van der Waals surface area contributed by atoms with Gasteiger partial charge in [-0.1, -0.05) is 13.0 Å². The summed E-state index contributed by atoms with van der Waals surface area (Å²) in [6, 6.07) is 3.53. The van der Waals surface area contributed by atoms with Gasteiger partial charge in [-0.3, -0.25) is 9.59 Å². The normalized spacial score (nSPS) is 12.1. The molecular formula is C14H17N3O2S. The summed E-state index contributed by atoms with van der Waals surface area (Å²) in [5.41, 5.74) is -0.258. The molecule has 20 heavy (non-hydrogen) atoms. The van der Waals surface area contributed by atoms with Crippen molar-refractivity contribution in [2.45, 2.75) is 32.9 Å². The summed E-state index contributed by atoms with van der Waals surface area (Å²) in [5, 5.41) is 5.01. The Kier molecular flexibility index (Phi) is 4.68. The number of ketones is 1. The molecule has 2 aromatic rings. The van der Waals surface area contributed by atoms with Crippen molar-refractivity contribution in [2.24, 2.45) is 0 Å². The second-order valence-electron chi connectivity index (χ2n) is 4.46. The zero-order valence-electron chi connectivity index (χ0n) is 11.5. The number of rotatable bonds is 6. The highest BCUT2D eigenvalue weighted by atomic mass is 32.1. The van der Waals surface area contributed by atoms with Gasteiger partial charge < -0.3 is 9.88 Å². The summed E-state index contributed by atoms with van der Waals surface area (Å²) in [6.07, 6.45) is 3.70. The lowest BCUT2D eigenvalue weighted by molar-refractivity contribution is -0.120. The number of carbonyl (C=O) groups excluding carboxylic acids is 1. The molecule has 0 radical (unpaired) electrons. The lowest BCUT2D eigenvalue weighted by Gasteiger charge is -2.15. The van der Waals surface area contributed by atoms with Crippen LogP contribution in [0.25, 0.3) is 0 Å². The molecule has 0 spiro atoms. The van der Waals surface area contributed by atoms with Gasteiger partial charge in [-0.2, -0.15) is 0 Å². The number of nitrogens with zero attached hydrogens (tertiary/aromatic N) is 2. The molecule has 1 atom stereocenters. The molecule has 0 aromatic carbocycles. The van der Waals surface area contributed by atoms with E-state index in [0.717, 1.165) is 4.88 Å². The Balaban J connectivity index is 2.23. The maximum atomic E-state index is 12.3. The third kappa shape index (κ3) is 3.14. The number of thiophene rings is 1. The summed E-state index contributed by atoms with van der Waals surface area (Å²) >= 11 is 1.61. The molecule has 1 N–H and O–H groups in total. The maximum Gasteiger partial charge on any atom is 0.293 e. The SMILES string of the molecule is CCC(C(C)=O)n1ccnc(NCc2cccs2)c1=O. The lowest BCUT2D eigenvalue weighted by Crippen LogP contribution is -2.30. The van der Waals surface area contributed by atoms with Crippen molar-refractivity contribution in [3.05, 3.63) is 45.1 Å². The third-order valence-corrected chi connectivity index (χ3v) is 3.95. The van der Waals surface area contributed by atoms with Gasteiger partial charge in [0.2, 0.25) is 0 Å². The minimum atomic E-state index is -0.423. The maximum absolute atomic E-state index is 12.3. The highest BCUT2D eigenvalue weighted by Crippen LogP contribution is 2.12. The van der Waals surface area contributed by atoms with Gasteiger partial charge in [-0.05, 0) is 24.8 Å². The Morgan fingerprint density at radius 2 is 2.35 bits per heavy atom. The number of anilines is 1. The molecule has 0 aliphatic heterocycles. The highest BCUT2D eigenvalue weighted by molar-refractivity contribution is 7.09. The third-order valence-electron chi connectivity index (χ3n) is 3.07. The van der Waals surface area contributed by atoms with Crippen molar-refractivity contribution in [3.63, 3.8) is 0 Å². The Labute approximate surface area is 121 Å². The van der Waals surface area contributed by atoms with Gasteiger partial charge in [0, 0.05) is 17.3 Å². The Morgan fingerprint density at radius 3 is 2.95 bits per heavy atom. The predicted octanol–water partition coefficient (Wildman–Crippen LogP) is 2.46. The first-order chi connectivity index (χ1) is 9.63. The van der Waals surface area contributed by atoms with Gasteiger partial charge in [0.1, 0.15) is 0 Å². The molecule has 5 nitrogen and oxygen atoms in total. The van der Waals surface area contributed by atoms with Crippen LogP contribution in [0.1, 0.15) is 31.2 Å². The van der Waals surface area contributed by atoms with E-state index >= 15 is 0 Å². The fourth-order valence-electron chi connectivity index (χ4n) is 2.06. The average molecular weight is 291 g/mol. The first-order valence-corrected chi connectivity index (χ1v) is 7.35. The second-order valence-corrected chi connectivity index (χ2v) is 5.49. The number of hydrogen-bond donors (Lipinski definition) is 1. The quantitative estimate of drug-likeness (QED) is 0.888. The average Bonchev–Trinajstić information content (AvgIpc) is 2.93. The number of nitrogens with one attached hydrogen (secondary N) is 1. The minimum absolute atomic E-state index is 0.0231. The number of hydrogen-bond acceptors (Lipinski definition) is 5. The van der Waals surface area contributed by atoms with Crippen molar-refractivity contribution in [1.82, 2.24) is 9.55 Å². The first kappa shape index (κ1) is 14.5. The van der Waals surface area contributed by atoms with E-state index in [0.29, 0.717) is 13.0 Å². The van der Waals surface area contributed by atoms with Crippen LogP contribution in [0.3, 0.4) is 0 Å². The van der Waals surface area contributed by atoms with Gasteiger partial charge in [0.05, 0.1) is 12.6 Å². The van der Waals surface area contributed by atoms with E-state index in [-0.39, 0.29) is 17.2 Å². The first-order valence-electron chi connectivity index (χ1n) is 6.47. The fraction of sp³-hybridized carbons (Fsp3) is 0.357. The lowest BCUT2D eigenvalue weighted by atomic mass is 10.1. The Bertz CT molecular complexity index is 634. The van der Waals surface area contributed by atoms with Crippen LogP contribution in [0.4, 0.5) is 5.82 Å². The molecule has 0 saturated carbocycles. The summed E-state index contributed by atoms with van der Waals surface area (Å²) in [7, 11) is 0. The van der Waals surface area contributed by atoms with Crippen LogP contribution in [0.15, 0.2) is 34.7 Å². The molecule has 106 valence electrons. The van der Waals surface area contributed by atoms with Crippen molar-refractivity contribution < 1.29 is 4.79 Å². The topological polar surface area (TPSA) is 64.0 Å². The van der Waals surface area contributed by atoms with Crippen LogP contribution < -0.4 is 10.9 Å². The summed E-state index contributed by atoms with van der Waals surface area (Å²) in [4.78, 5) is 29.1. The standard InChI is InChI=1S/C14H17N3O2S/c1-3-12(10(2)18)17-7-6-15-13(14(17)19)16-9-11-5-4-8-20-11/h4-8,12H,3,9H2,1-2H3,(H,15,16). The monoisotopic (exact) mass is 291 g/mol. The molecule has 2 aromatic heterocycles. The number of carbonyl (C=O) groups is 1. The van der Waals surface area contributed by atoms with Crippen LogP contribution >= 0.6 is 11.3 Å². The molecule has 0 fully saturated rings. The minimum Gasteiger partial charge on any atom is -0.361 e. The molecule has 0 aliphatic rings. The van der Waals surface area contributed by atoms with Crippen molar-refractivity contribution in [2.75, 3.05) is 5.32 Å². The molecular weight excluding hydrogens is 274 g/mol. The summed E-state index contributed by atoms with van der Waals surface area (Å²) < 4.78 is 1.45. The van der Waals surface area contributed by atoms with Crippen LogP contribution in [0.5, 0.6) is 0 Å². The Hall–Kier alpha value is -1.95. The second kappa shape index (κ2) is 6.47. The summed E-state index contributed by atoms with van der Waals surface area (Å²) in [5.74, 6) is 0.255. The van der Waals surface area contributed by atoms with Gasteiger partial charge in [-0.25, -0.2) is 4.98 Å². The van der Waals surface area contributed by atoms with Crippen LogP contribution in [-0.4, -0.2) is 15.3 Å². The predicted molar refractivity (Wildman–Crippen MR) is 80.2 cm³/mol. The van der Waals surface area contributed by atoms with E-state index in [1.54, 1.807) is 23.7 Å². The van der Waals surface area contributed by atoms with Crippen molar-refractivity contribution in [3.8, 4) is 0 Å². The van der Waals surface area contributed by atoms with Crippen LogP contribution in [0.2, 0.25) is 0 Å². The zero-order valence-corrected chi connectivity index (χ0v) is 12.3. The van der Waals surface area contributed by atoms with Gasteiger partial charge in [-0.15, -0.1) is 11.3 Å². The highest BCUT2D eigenvalue weighted by Gasteiger charge is 2.17. The molecule has 0 aliphatic carbocycles. The molecule has 0 saturated heterocycles. The van der Waals surface area contributed by atoms with Crippen LogP contribution in [0, 0.1) is 0 Å². The molecule has 0 bridgehead atoms. The van der Waals surface area contributed by atoms with E-state index in [9.17, 15) is 9.59 Å². The zero-order chi connectivity index (χ0) is 14.5. The van der Waals surface area contributed by atoms with E-state index in [1.165, 1.54) is 11.5 Å². The van der Waals surface area contributed by atoms with E-state index in [4.69, 9.17) is 0 Å². The largest absolute Gasteiger partial charge is 0.361 e. The van der Waals surface area contributed by atoms with E-state index in [2.05, 4.69) is 10.3 Å².